The maximum absolute atomic E-state index is 12.3. The zero-order chi connectivity index (χ0) is 14.0. The molecular formula is C13H15IN4O. The van der Waals surface area contributed by atoms with Crippen LogP contribution >= 0.6 is 22.6 Å². The van der Waals surface area contributed by atoms with Crippen LogP contribution in [0.3, 0.4) is 0 Å². The zero-order valence-electron chi connectivity index (χ0n) is 10.8. The van der Waals surface area contributed by atoms with Crippen molar-refractivity contribution >= 4 is 39.9 Å². The number of nitrogens with one attached hydrogen (secondary N) is 1. The number of nitrogen functional groups attached to an aromatic ring is 1. The molecule has 3 N–H and O–H groups in total. The minimum absolute atomic E-state index is 0.235. The van der Waals surface area contributed by atoms with Gasteiger partial charge in [-0.05, 0) is 60.7 Å². The fourth-order valence-electron chi connectivity index (χ4n) is 1.79. The SMILES string of the molecule is CCn1nc(C)c(N)c1C(=O)Nc1ccc(I)cc1. The van der Waals surface area contributed by atoms with Gasteiger partial charge in [0.1, 0.15) is 5.69 Å². The molecule has 1 aromatic carbocycles. The molecule has 1 heterocycles. The maximum atomic E-state index is 12.3. The Bertz CT molecular complexity index is 604. The van der Waals surface area contributed by atoms with E-state index in [1.54, 1.807) is 11.6 Å². The molecule has 100 valence electrons. The van der Waals surface area contributed by atoms with Crippen LogP contribution in [0.2, 0.25) is 0 Å². The molecule has 0 saturated heterocycles. The number of carbonyl (C=O) groups is 1. The van der Waals surface area contributed by atoms with E-state index in [1.165, 1.54) is 0 Å². The Morgan fingerprint density at radius 2 is 2.05 bits per heavy atom. The summed E-state index contributed by atoms with van der Waals surface area (Å²) in [6, 6.07) is 7.58. The predicted octanol–water partition coefficient (Wildman–Crippen LogP) is 2.65. The standard InChI is InChI=1S/C13H15IN4O/c1-3-18-12(11(15)8(2)17-18)13(19)16-10-6-4-9(14)5-7-10/h4-7H,3,15H2,1-2H3,(H,16,19). The monoisotopic (exact) mass is 370 g/mol. The second-order valence-corrected chi connectivity index (χ2v) is 5.37. The number of nitrogens with two attached hydrogens (primary N) is 1. The Balaban J connectivity index is 2.27. The predicted molar refractivity (Wildman–Crippen MR) is 84.2 cm³/mol. The highest BCUT2D eigenvalue weighted by Gasteiger charge is 2.18. The number of carbonyl (C=O) groups excluding carboxylic acids is 1. The number of nitrogens with zero attached hydrogens (tertiary/aromatic N) is 2. The van der Waals surface area contributed by atoms with Crippen molar-refractivity contribution in [2.45, 2.75) is 20.4 Å². The Labute approximate surface area is 125 Å². The quantitative estimate of drug-likeness (QED) is 0.816. The van der Waals surface area contributed by atoms with Gasteiger partial charge in [0.2, 0.25) is 0 Å². The molecule has 0 spiro atoms. The topological polar surface area (TPSA) is 72.9 Å². The molecule has 0 aliphatic carbocycles. The van der Waals surface area contributed by atoms with E-state index in [4.69, 9.17) is 5.73 Å². The summed E-state index contributed by atoms with van der Waals surface area (Å²) in [7, 11) is 0. The normalized spacial score (nSPS) is 10.5. The molecule has 0 bridgehead atoms. The number of hydrogen-bond acceptors (Lipinski definition) is 3. The fourth-order valence-corrected chi connectivity index (χ4v) is 2.15. The molecule has 6 heteroatoms. The van der Waals surface area contributed by atoms with Crippen LogP contribution in [0.1, 0.15) is 23.1 Å². The Hall–Kier alpha value is -1.57. The lowest BCUT2D eigenvalue weighted by atomic mass is 10.2. The van der Waals surface area contributed by atoms with Crippen molar-refractivity contribution in [3.63, 3.8) is 0 Å². The van der Waals surface area contributed by atoms with E-state index in [2.05, 4.69) is 33.0 Å². The van der Waals surface area contributed by atoms with Gasteiger partial charge >= 0.3 is 0 Å². The highest BCUT2D eigenvalue weighted by molar-refractivity contribution is 14.1. The number of halogens is 1. The van der Waals surface area contributed by atoms with Gasteiger partial charge in [-0.25, -0.2) is 0 Å². The first-order valence-corrected chi connectivity index (χ1v) is 7.00. The van der Waals surface area contributed by atoms with Crippen LogP contribution in [0.5, 0.6) is 0 Å². The van der Waals surface area contributed by atoms with Gasteiger partial charge in [0.25, 0.3) is 5.91 Å². The summed E-state index contributed by atoms with van der Waals surface area (Å²) in [5.41, 5.74) is 8.18. The first-order valence-electron chi connectivity index (χ1n) is 5.92. The Morgan fingerprint density at radius 1 is 1.42 bits per heavy atom. The number of amides is 1. The van der Waals surface area contributed by atoms with Gasteiger partial charge in [0.05, 0.1) is 11.4 Å². The molecule has 0 aliphatic heterocycles. The van der Waals surface area contributed by atoms with E-state index in [-0.39, 0.29) is 5.91 Å². The van der Waals surface area contributed by atoms with Crippen molar-refractivity contribution in [2.24, 2.45) is 0 Å². The van der Waals surface area contributed by atoms with Crippen LogP contribution in [0, 0.1) is 10.5 Å². The van der Waals surface area contributed by atoms with E-state index in [0.29, 0.717) is 23.6 Å². The van der Waals surface area contributed by atoms with Crippen molar-refractivity contribution in [2.75, 3.05) is 11.1 Å². The van der Waals surface area contributed by atoms with Gasteiger partial charge in [-0.2, -0.15) is 5.10 Å². The second-order valence-electron chi connectivity index (χ2n) is 4.12. The summed E-state index contributed by atoms with van der Waals surface area (Å²) in [5.74, 6) is -0.235. The van der Waals surface area contributed by atoms with E-state index < -0.39 is 0 Å². The average molecular weight is 370 g/mol. The fraction of sp³-hybridized carbons (Fsp3) is 0.231. The van der Waals surface area contributed by atoms with E-state index in [9.17, 15) is 4.79 Å². The molecule has 0 atom stereocenters. The molecule has 0 unspecified atom stereocenters. The van der Waals surface area contributed by atoms with Gasteiger partial charge < -0.3 is 11.1 Å². The summed E-state index contributed by atoms with van der Waals surface area (Å²) in [6.07, 6.45) is 0. The molecule has 0 saturated carbocycles. The van der Waals surface area contributed by atoms with Crippen molar-refractivity contribution < 1.29 is 4.79 Å². The first kappa shape index (κ1) is 13.9. The van der Waals surface area contributed by atoms with Crippen LogP contribution < -0.4 is 11.1 Å². The minimum Gasteiger partial charge on any atom is -0.395 e. The Kier molecular flexibility index (Phi) is 4.08. The van der Waals surface area contributed by atoms with E-state index >= 15 is 0 Å². The molecular weight excluding hydrogens is 355 g/mol. The van der Waals surface area contributed by atoms with Gasteiger partial charge in [-0.3, -0.25) is 9.48 Å². The lowest BCUT2D eigenvalue weighted by Gasteiger charge is -2.07. The summed E-state index contributed by atoms with van der Waals surface area (Å²) < 4.78 is 2.73. The summed E-state index contributed by atoms with van der Waals surface area (Å²) in [4.78, 5) is 12.3. The molecule has 1 aromatic heterocycles. The van der Waals surface area contributed by atoms with Crippen LogP contribution in [0.15, 0.2) is 24.3 Å². The van der Waals surface area contributed by atoms with Crippen LogP contribution in [-0.2, 0) is 6.54 Å². The molecule has 2 rings (SSSR count). The Morgan fingerprint density at radius 3 is 2.63 bits per heavy atom. The second kappa shape index (κ2) is 5.60. The highest BCUT2D eigenvalue weighted by Crippen LogP contribution is 2.19. The summed E-state index contributed by atoms with van der Waals surface area (Å²) in [6.45, 7) is 4.32. The molecule has 5 nitrogen and oxygen atoms in total. The molecule has 0 radical (unpaired) electrons. The number of hydrogen-bond donors (Lipinski definition) is 2. The lowest BCUT2D eigenvalue weighted by molar-refractivity contribution is 0.101. The third-order valence-corrected chi connectivity index (χ3v) is 3.51. The van der Waals surface area contributed by atoms with E-state index in [0.717, 1.165) is 9.26 Å². The van der Waals surface area contributed by atoms with Crippen LogP contribution in [-0.4, -0.2) is 15.7 Å². The summed E-state index contributed by atoms with van der Waals surface area (Å²) >= 11 is 2.21. The van der Waals surface area contributed by atoms with Crippen molar-refractivity contribution in [3.05, 3.63) is 39.2 Å². The van der Waals surface area contributed by atoms with Crippen LogP contribution in [0.4, 0.5) is 11.4 Å². The van der Waals surface area contributed by atoms with E-state index in [1.807, 2.05) is 31.2 Å². The third-order valence-electron chi connectivity index (χ3n) is 2.79. The highest BCUT2D eigenvalue weighted by atomic mass is 127. The van der Waals surface area contributed by atoms with Crippen molar-refractivity contribution in [1.82, 2.24) is 9.78 Å². The largest absolute Gasteiger partial charge is 0.395 e. The van der Waals surface area contributed by atoms with Crippen molar-refractivity contribution in [3.8, 4) is 0 Å². The minimum atomic E-state index is -0.235. The zero-order valence-corrected chi connectivity index (χ0v) is 12.9. The van der Waals surface area contributed by atoms with Gasteiger partial charge in [0.15, 0.2) is 0 Å². The molecule has 0 fully saturated rings. The number of aryl methyl sites for hydroxylation is 2. The first-order chi connectivity index (χ1) is 9.02. The average Bonchev–Trinajstić information content (AvgIpc) is 2.68. The van der Waals surface area contributed by atoms with Crippen LogP contribution in [0.25, 0.3) is 0 Å². The van der Waals surface area contributed by atoms with Crippen molar-refractivity contribution in [1.29, 1.82) is 0 Å². The number of rotatable bonds is 3. The molecule has 1 amide bonds. The number of benzene rings is 1. The van der Waals surface area contributed by atoms with Gasteiger partial charge in [-0.1, -0.05) is 0 Å². The van der Waals surface area contributed by atoms with Gasteiger partial charge in [-0.15, -0.1) is 0 Å². The summed E-state index contributed by atoms with van der Waals surface area (Å²) in [5, 5.41) is 7.07. The number of anilines is 2. The van der Waals surface area contributed by atoms with Gasteiger partial charge in [0, 0.05) is 15.8 Å². The maximum Gasteiger partial charge on any atom is 0.276 e. The lowest BCUT2D eigenvalue weighted by Crippen LogP contribution is -2.18. The molecule has 2 aromatic rings. The molecule has 19 heavy (non-hydrogen) atoms. The third kappa shape index (κ3) is 2.89. The molecule has 0 aliphatic rings. The smallest absolute Gasteiger partial charge is 0.276 e. The number of aromatic nitrogens is 2.